The summed E-state index contributed by atoms with van der Waals surface area (Å²) >= 11 is 0. The fourth-order valence-corrected chi connectivity index (χ4v) is 2.83. The molecule has 0 saturated carbocycles. The standard InChI is InChI=1S/C18H15F2N3O5/c1-3-17(2)15(24)23(16(25)22-17)13-5-4-6-14(21-13)26-10-7-8-11-12(9-10)28-18(19,20)27-11/h4-9H,3H2,1-2H3,(H,22,25)/t17-/m0/s1. The van der Waals surface area contributed by atoms with Crippen LogP contribution >= 0.6 is 0 Å². The first kappa shape index (κ1) is 18.0. The first-order chi connectivity index (χ1) is 13.2. The molecule has 1 aromatic carbocycles. The molecule has 0 unspecified atom stereocenters. The Balaban J connectivity index is 1.58. The summed E-state index contributed by atoms with van der Waals surface area (Å²) in [4.78, 5) is 29.9. The predicted molar refractivity (Wildman–Crippen MR) is 91.7 cm³/mol. The molecule has 0 aliphatic carbocycles. The SMILES string of the molecule is CC[C@]1(C)NC(=O)N(c2cccc(Oc3ccc4c(c3)OC(F)(F)O4)n2)C1=O. The summed E-state index contributed by atoms with van der Waals surface area (Å²) in [5.41, 5.74) is -1.00. The van der Waals surface area contributed by atoms with Crippen LogP contribution in [0.2, 0.25) is 0 Å². The van der Waals surface area contributed by atoms with Gasteiger partial charge in [-0.15, -0.1) is 8.78 Å². The van der Waals surface area contributed by atoms with Crippen molar-refractivity contribution in [2.45, 2.75) is 32.1 Å². The van der Waals surface area contributed by atoms with Crippen LogP contribution < -0.4 is 24.4 Å². The Hall–Kier alpha value is -3.43. The van der Waals surface area contributed by atoms with Crippen LogP contribution in [0.3, 0.4) is 0 Å². The zero-order valence-electron chi connectivity index (χ0n) is 14.9. The van der Waals surface area contributed by atoms with E-state index in [2.05, 4.69) is 19.8 Å². The van der Waals surface area contributed by atoms with E-state index in [-0.39, 0.29) is 28.9 Å². The number of carbonyl (C=O) groups is 2. The first-order valence-electron chi connectivity index (χ1n) is 8.42. The molecule has 8 nitrogen and oxygen atoms in total. The van der Waals surface area contributed by atoms with Crippen LogP contribution in [0.15, 0.2) is 36.4 Å². The molecule has 3 amide bonds. The number of aromatic nitrogens is 1. The van der Waals surface area contributed by atoms with Crippen molar-refractivity contribution in [1.29, 1.82) is 0 Å². The first-order valence-corrected chi connectivity index (χ1v) is 8.42. The minimum atomic E-state index is -3.73. The topological polar surface area (TPSA) is 90.0 Å². The van der Waals surface area contributed by atoms with Crippen LogP contribution in [-0.2, 0) is 4.79 Å². The van der Waals surface area contributed by atoms with Gasteiger partial charge in [-0.25, -0.2) is 9.69 Å². The van der Waals surface area contributed by atoms with Crippen LogP contribution in [0.25, 0.3) is 0 Å². The number of anilines is 1. The van der Waals surface area contributed by atoms with E-state index in [4.69, 9.17) is 4.74 Å². The lowest BCUT2D eigenvalue weighted by Crippen LogP contribution is -2.43. The summed E-state index contributed by atoms with van der Waals surface area (Å²) in [6.07, 6.45) is -3.30. The third-order valence-electron chi connectivity index (χ3n) is 4.50. The summed E-state index contributed by atoms with van der Waals surface area (Å²) in [5, 5.41) is 2.64. The smallest absolute Gasteiger partial charge is 0.439 e. The Morgan fingerprint density at radius 2 is 1.93 bits per heavy atom. The summed E-state index contributed by atoms with van der Waals surface area (Å²) < 4.78 is 40.5. The van der Waals surface area contributed by atoms with Crippen molar-refractivity contribution in [3.63, 3.8) is 0 Å². The molecule has 0 radical (unpaired) electrons. The highest BCUT2D eigenvalue weighted by atomic mass is 19.3. The second-order valence-electron chi connectivity index (χ2n) is 6.47. The highest BCUT2D eigenvalue weighted by Crippen LogP contribution is 2.43. The summed E-state index contributed by atoms with van der Waals surface area (Å²) in [5.74, 6) is -0.391. The van der Waals surface area contributed by atoms with Crippen molar-refractivity contribution in [2.24, 2.45) is 0 Å². The maximum absolute atomic E-state index is 13.1. The van der Waals surface area contributed by atoms with E-state index >= 15 is 0 Å². The van der Waals surface area contributed by atoms with Crippen LogP contribution in [0, 0.1) is 0 Å². The number of carbonyl (C=O) groups excluding carboxylic acids is 2. The number of hydrogen-bond donors (Lipinski definition) is 1. The van der Waals surface area contributed by atoms with Crippen molar-refractivity contribution in [1.82, 2.24) is 10.3 Å². The molecular weight excluding hydrogens is 376 g/mol. The number of imide groups is 1. The number of alkyl halides is 2. The molecule has 1 atom stereocenters. The predicted octanol–water partition coefficient (Wildman–Crippen LogP) is 3.42. The van der Waals surface area contributed by atoms with Gasteiger partial charge in [-0.2, -0.15) is 4.98 Å². The Bertz CT molecular complexity index is 983. The number of fused-ring (bicyclic) bond motifs is 1. The highest BCUT2D eigenvalue weighted by Gasteiger charge is 2.48. The fourth-order valence-electron chi connectivity index (χ4n) is 2.83. The molecule has 0 bridgehead atoms. The Labute approximate surface area is 158 Å². The lowest BCUT2D eigenvalue weighted by Gasteiger charge is -2.19. The lowest BCUT2D eigenvalue weighted by molar-refractivity contribution is -0.286. The zero-order valence-corrected chi connectivity index (χ0v) is 14.9. The third-order valence-corrected chi connectivity index (χ3v) is 4.50. The molecular formula is C18H15F2N3O5. The van der Waals surface area contributed by atoms with Gasteiger partial charge in [0.15, 0.2) is 11.5 Å². The van der Waals surface area contributed by atoms with E-state index < -0.39 is 23.8 Å². The van der Waals surface area contributed by atoms with Gasteiger partial charge >= 0.3 is 12.3 Å². The molecule has 1 fully saturated rings. The van der Waals surface area contributed by atoms with Gasteiger partial charge in [-0.1, -0.05) is 13.0 Å². The number of halogens is 2. The third kappa shape index (κ3) is 2.96. The number of benzene rings is 1. The normalized spacial score (nSPS) is 22.4. The van der Waals surface area contributed by atoms with Crippen LogP contribution in [0.5, 0.6) is 23.1 Å². The number of rotatable bonds is 4. The van der Waals surface area contributed by atoms with Gasteiger partial charge in [0.25, 0.3) is 5.91 Å². The molecule has 10 heteroatoms. The molecule has 4 rings (SSSR count). The minimum absolute atomic E-state index is 0.0637. The molecule has 2 aliphatic rings. The van der Waals surface area contributed by atoms with Gasteiger partial charge < -0.3 is 19.5 Å². The van der Waals surface area contributed by atoms with Gasteiger partial charge in [0.05, 0.1) is 0 Å². The van der Waals surface area contributed by atoms with Crippen LogP contribution in [0.1, 0.15) is 20.3 Å². The largest absolute Gasteiger partial charge is 0.586 e. The van der Waals surface area contributed by atoms with E-state index in [0.29, 0.717) is 6.42 Å². The molecule has 146 valence electrons. The molecule has 1 aromatic heterocycles. The Morgan fingerprint density at radius 3 is 2.64 bits per heavy atom. The number of pyridine rings is 1. The van der Waals surface area contributed by atoms with Gasteiger partial charge in [0, 0.05) is 12.1 Å². The van der Waals surface area contributed by atoms with Crippen LogP contribution in [0.4, 0.5) is 19.4 Å². The van der Waals surface area contributed by atoms with Gasteiger partial charge in [0.2, 0.25) is 5.88 Å². The lowest BCUT2D eigenvalue weighted by atomic mass is 9.99. The molecule has 28 heavy (non-hydrogen) atoms. The minimum Gasteiger partial charge on any atom is -0.439 e. The van der Waals surface area contributed by atoms with E-state index in [1.54, 1.807) is 19.9 Å². The summed E-state index contributed by atoms with van der Waals surface area (Å²) in [7, 11) is 0. The summed E-state index contributed by atoms with van der Waals surface area (Å²) in [6, 6.07) is 7.88. The van der Waals surface area contributed by atoms with Crippen molar-refractivity contribution in [3.05, 3.63) is 36.4 Å². The molecule has 0 spiro atoms. The maximum atomic E-state index is 13.1. The van der Waals surface area contributed by atoms with E-state index in [1.807, 2.05) is 0 Å². The number of amides is 3. The van der Waals surface area contributed by atoms with Gasteiger partial charge in [-0.3, -0.25) is 4.79 Å². The average Bonchev–Trinajstić information content (AvgIpc) is 3.06. The van der Waals surface area contributed by atoms with E-state index in [0.717, 1.165) is 4.90 Å². The van der Waals surface area contributed by atoms with Crippen molar-refractivity contribution < 1.29 is 32.6 Å². The van der Waals surface area contributed by atoms with E-state index in [9.17, 15) is 18.4 Å². The Morgan fingerprint density at radius 1 is 1.18 bits per heavy atom. The Kier molecular flexibility index (Phi) is 3.88. The van der Waals surface area contributed by atoms with Crippen molar-refractivity contribution in [3.8, 4) is 23.1 Å². The fraction of sp³-hybridized carbons (Fsp3) is 0.278. The molecule has 2 aromatic rings. The van der Waals surface area contributed by atoms with Crippen molar-refractivity contribution in [2.75, 3.05) is 4.90 Å². The highest BCUT2D eigenvalue weighted by molar-refractivity contribution is 6.22. The van der Waals surface area contributed by atoms with Gasteiger partial charge in [0.1, 0.15) is 17.1 Å². The molecule has 3 heterocycles. The number of hydrogen-bond acceptors (Lipinski definition) is 6. The molecule has 1 saturated heterocycles. The second-order valence-corrected chi connectivity index (χ2v) is 6.47. The maximum Gasteiger partial charge on any atom is 0.586 e. The number of ether oxygens (including phenoxy) is 3. The summed E-state index contributed by atoms with van der Waals surface area (Å²) in [6.45, 7) is 3.42. The zero-order chi connectivity index (χ0) is 20.1. The molecule has 1 N–H and O–H groups in total. The number of nitrogens with one attached hydrogen (secondary N) is 1. The number of nitrogens with zero attached hydrogens (tertiary/aromatic N) is 2. The van der Waals surface area contributed by atoms with Crippen LogP contribution in [-0.4, -0.2) is 28.8 Å². The number of urea groups is 1. The van der Waals surface area contributed by atoms with Crippen molar-refractivity contribution >= 4 is 17.8 Å². The molecule has 2 aliphatic heterocycles. The second kappa shape index (κ2) is 6.04. The monoisotopic (exact) mass is 391 g/mol. The average molecular weight is 391 g/mol. The quantitative estimate of drug-likeness (QED) is 0.804. The van der Waals surface area contributed by atoms with Gasteiger partial charge in [-0.05, 0) is 31.5 Å². The van der Waals surface area contributed by atoms with E-state index in [1.165, 1.54) is 30.3 Å².